The molecule has 0 spiro atoms. The van der Waals surface area contributed by atoms with E-state index in [1.807, 2.05) is 12.1 Å². The molecule has 0 amide bonds. The summed E-state index contributed by atoms with van der Waals surface area (Å²) in [5.74, 6) is -0.964. The largest absolute Gasteiger partial charge is 0.465 e. The molecule has 6 heteroatoms. The molecule has 104 valence electrons. The van der Waals surface area contributed by atoms with Crippen LogP contribution in [0.3, 0.4) is 0 Å². The van der Waals surface area contributed by atoms with E-state index in [1.54, 1.807) is 6.07 Å². The Morgan fingerprint density at radius 3 is 2.16 bits per heavy atom. The number of hydrogen-bond acceptors (Lipinski definition) is 5. The highest BCUT2D eigenvalue weighted by Crippen LogP contribution is 2.25. The van der Waals surface area contributed by atoms with Crippen LogP contribution in [0.15, 0.2) is 22.7 Å². The molecule has 19 heavy (non-hydrogen) atoms. The van der Waals surface area contributed by atoms with Crippen LogP contribution in [0.25, 0.3) is 0 Å². The van der Waals surface area contributed by atoms with Crippen molar-refractivity contribution in [3.8, 4) is 0 Å². The quantitative estimate of drug-likeness (QED) is 0.662. The van der Waals surface area contributed by atoms with Gasteiger partial charge in [-0.25, -0.2) is 0 Å². The van der Waals surface area contributed by atoms with Crippen molar-refractivity contribution in [1.82, 2.24) is 0 Å². The van der Waals surface area contributed by atoms with E-state index >= 15 is 0 Å². The van der Waals surface area contributed by atoms with E-state index in [9.17, 15) is 9.59 Å². The average Bonchev–Trinajstić information content (AvgIpc) is 2.32. The first-order valence-electron chi connectivity index (χ1n) is 5.71. The first-order valence-corrected chi connectivity index (χ1v) is 6.51. The number of anilines is 1. The summed E-state index contributed by atoms with van der Waals surface area (Å²) in [6.07, 6.45) is 0. The van der Waals surface area contributed by atoms with E-state index in [-0.39, 0.29) is 31.1 Å². The molecule has 0 saturated heterocycles. The number of carbonyl (C=O) groups excluding carboxylic acids is 2. The summed E-state index contributed by atoms with van der Waals surface area (Å²) < 4.78 is 10.7. The lowest BCUT2D eigenvalue weighted by Gasteiger charge is -2.17. The van der Waals surface area contributed by atoms with Gasteiger partial charge in [0.25, 0.3) is 0 Å². The van der Waals surface area contributed by atoms with Gasteiger partial charge in [-0.15, -0.1) is 0 Å². The first-order chi connectivity index (χ1) is 8.90. The second-order valence-electron chi connectivity index (χ2n) is 4.08. The summed E-state index contributed by atoms with van der Waals surface area (Å²) in [5.41, 5.74) is 7.21. The highest BCUT2D eigenvalue weighted by molar-refractivity contribution is 9.10. The molecule has 0 unspecified atom stereocenters. The fraction of sp³-hybridized carbons (Fsp3) is 0.385. The van der Waals surface area contributed by atoms with Crippen LogP contribution in [-0.2, 0) is 19.1 Å². The van der Waals surface area contributed by atoms with Crippen molar-refractivity contribution < 1.29 is 19.1 Å². The van der Waals surface area contributed by atoms with Crippen molar-refractivity contribution in [2.45, 2.75) is 19.8 Å². The Labute approximate surface area is 120 Å². The molecule has 0 aromatic heterocycles. The summed E-state index contributed by atoms with van der Waals surface area (Å²) in [7, 11) is 0. The molecule has 0 aliphatic rings. The number of hydrogen-bond donors (Lipinski definition) is 1. The number of carbonyl (C=O) groups is 2. The second kappa shape index (κ2) is 7.13. The van der Waals surface area contributed by atoms with Crippen molar-refractivity contribution in [3.05, 3.63) is 28.2 Å². The van der Waals surface area contributed by atoms with Crippen LogP contribution in [0.1, 0.15) is 25.3 Å². The molecule has 0 bridgehead atoms. The Morgan fingerprint density at radius 1 is 1.21 bits per heavy atom. The van der Waals surface area contributed by atoms with Gasteiger partial charge in [0.2, 0.25) is 0 Å². The van der Waals surface area contributed by atoms with Crippen LogP contribution in [-0.4, -0.2) is 25.2 Å². The zero-order valence-corrected chi connectivity index (χ0v) is 12.4. The number of ether oxygens (including phenoxy) is 2. The molecular formula is C13H16BrNO4. The Balaban J connectivity index is 2.83. The molecule has 0 fully saturated rings. The van der Waals surface area contributed by atoms with E-state index in [4.69, 9.17) is 15.2 Å². The van der Waals surface area contributed by atoms with Crippen molar-refractivity contribution in [3.63, 3.8) is 0 Å². The van der Waals surface area contributed by atoms with Gasteiger partial charge in [-0.1, -0.05) is 6.07 Å². The number of nitrogens with two attached hydrogens (primary N) is 1. The fourth-order valence-electron chi connectivity index (χ4n) is 1.47. The molecular weight excluding hydrogens is 314 g/mol. The van der Waals surface area contributed by atoms with E-state index in [0.29, 0.717) is 5.69 Å². The molecule has 1 aromatic rings. The van der Waals surface area contributed by atoms with E-state index < -0.39 is 0 Å². The third kappa shape index (κ3) is 5.30. The minimum absolute atomic E-state index is 0.152. The summed E-state index contributed by atoms with van der Waals surface area (Å²) in [6, 6.07) is 5.39. The highest BCUT2D eigenvalue weighted by atomic mass is 79.9. The fourth-order valence-corrected chi connectivity index (χ4v) is 1.87. The summed E-state index contributed by atoms with van der Waals surface area (Å²) in [4.78, 5) is 21.8. The maximum Gasteiger partial charge on any atom is 0.302 e. The molecule has 0 radical (unpaired) electrons. The maximum absolute atomic E-state index is 10.9. The Kier molecular flexibility index (Phi) is 5.82. The van der Waals surface area contributed by atoms with Crippen LogP contribution < -0.4 is 5.73 Å². The SMILES string of the molecule is CC(=O)OCC(COC(C)=O)c1ccc(N)c(Br)c1. The smallest absolute Gasteiger partial charge is 0.302 e. The predicted octanol–water partition coefficient (Wildman–Crippen LogP) is 2.24. The van der Waals surface area contributed by atoms with Crippen molar-refractivity contribution in [2.75, 3.05) is 18.9 Å². The zero-order chi connectivity index (χ0) is 14.4. The molecule has 1 aromatic carbocycles. The van der Waals surface area contributed by atoms with Crippen LogP contribution in [0.5, 0.6) is 0 Å². The van der Waals surface area contributed by atoms with E-state index in [1.165, 1.54) is 13.8 Å². The average molecular weight is 330 g/mol. The summed E-state index contributed by atoms with van der Waals surface area (Å²) in [5, 5.41) is 0. The van der Waals surface area contributed by atoms with Crippen LogP contribution in [0, 0.1) is 0 Å². The van der Waals surface area contributed by atoms with Gasteiger partial charge in [-0.05, 0) is 33.6 Å². The van der Waals surface area contributed by atoms with Crippen LogP contribution in [0.2, 0.25) is 0 Å². The number of rotatable bonds is 5. The van der Waals surface area contributed by atoms with Gasteiger partial charge in [-0.3, -0.25) is 9.59 Å². The molecule has 0 aliphatic heterocycles. The lowest BCUT2D eigenvalue weighted by molar-refractivity contribution is -0.144. The van der Waals surface area contributed by atoms with Gasteiger partial charge in [0.05, 0.1) is 5.92 Å². The van der Waals surface area contributed by atoms with Crippen LogP contribution >= 0.6 is 15.9 Å². The predicted molar refractivity (Wildman–Crippen MR) is 74.6 cm³/mol. The molecule has 5 nitrogen and oxygen atoms in total. The van der Waals surface area contributed by atoms with Gasteiger partial charge in [0.1, 0.15) is 13.2 Å². The number of halogens is 1. The Hall–Kier alpha value is -1.56. The Bertz CT molecular complexity index is 458. The van der Waals surface area contributed by atoms with Gasteiger partial charge < -0.3 is 15.2 Å². The normalized spacial score (nSPS) is 10.3. The first kappa shape index (κ1) is 15.5. The minimum atomic E-state index is -0.373. The highest BCUT2D eigenvalue weighted by Gasteiger charge is 2.16. The molecule has 0 aliphatic carbocycles. The minimum Gasteiger partial charge on any atom is -0.465 e. The monoisotopic (exact) mass is 329 g/mol. The van der Waals surface area contributed by atoms with Gasteiger partial charge >= 0.3 is 11.9 Å². The summed E-state index contributed by atoms with van der Waals surface area (Å²) >= 11 is 3.33. The standard InChI is InChI=1S/C13H16BrNO4/c1-8(16)18-6-11(7-19-9(2)17)10-3-4-13(15)12(14)5-10/h3-5,11H,6-7,15H2,1-2H3. The molecule has 0 heterocycles. The van der Waals surface area contributed by atoms with Gasteiger partial charge in [0, 0.05) is 24.0 Å². The molecule has 0 saturated carbocycles. The van der Waals surface area contributed by atoms with Crippen molar-refractivity contribution >= 4 is 33.6 Å². The molecule has 2 N–H and O–H groups in total. The number of nitrogen functional groups attached to an aromatic ring is 1. The maximum atomic E-state index is 10.9. The third-order valence-corrected chi connectivity index (χ3v) is 3.16. The number of esters is 2. The van der Waals surface area contributed by atoms with E-state index in [2.05, 4.69) is 15.9 Å². The van der Waals surface area contributed by atoms with Gasteiger partial charge in [-0.2, -0.15) is 0 Å². The summed E-state index contributed by atoms with van der Waals surface area (Å²) in [6.45, 7) is 2.97. The topological polar surface area (TPSA) is 78.6 Å². The van der Waals surface area contributed by atoms with E-state index in [0.717, 1.165) is 10.0 Å². The van der Waals surface area contributed by atoms with Crippen molar-refractivity contribution in [2.24, 2.45) is 0 Å². The lowest BCUT2D eigenvalue weighted by Crippen LogP contribution is -2.18. The zero-order valence-electron chi connectivity index (χ0n) is 10.8. The molecule has 0 atom stereocenters. The second-order valence-corrected chi connectivity index (χ2v) is 4.94. The van der Waals surface area contributed by atoms with Crippen molar-refractivity contribution in [1.29, 1.82) is 0 Å². The van der Waals surface area contributed by atoms with Gasteiger partial charge in [0.15, 0.2) is 0 Å². The molecule has 1 rings (SSSR count). The number of benzene rings is 1. The third-order valence-electron chi connectivity index (χ3n) is 2.47. The lowest BCUT2D eigenvalue weighted by atomic mass is 10.0. The Morgan fingerprint density at radius 2 is 1.74 bits per heavy atom. The van der Waals surface area contributed by atoms with Crippen LogP contribution in [0.4, 0.5) is 5.69 Å².